The molecular formula is C15H30N2. The molecule has 1 saturated heterocycles. The van der Waals surface area contributed by atoms with Gasteiger partial charge in [-0.05, 0) is 53.4 Å². The van der Waals surface area contributed by atoms with Crippen LogP contribution in [0.25, 0.3) is 0 Å². The molecular weight excluding hydrogens is 208 g/mol. The first-order valence-electron chi connectivity index (χ1n) is 7.11. The number of rotatable bonds is 0. The van der Waals surface area contributed by atoms with Crippen LogP contribution >= 0.6 is 0 Å². The van der Waals surface area contributed by atoms with Crippen molar-refractivity contribution in [3.63, 3.8) is 0 Å². The van der Waals surface area contributed by atoms with Gasteiger partial charge in [-0.1, -0.05) is 20.8 Å². The molecule has 100 valence electrons. The Bertz CT molecular complexity index is 302. The number of amidine groups is 1. The Hall–Kier alpha value is -0.530. The summed E-state index contributed by atoms with van der Waals surface area (Å²) in [5, 5.41) is 3.64. The molecule has 1 unspecified atom stereocenters. The molecule has 0 spiro atoms. The van der Waals surface area contributed by atoms with Gasteiger partial charge in [0.2, 0.25) is 0 Å². The molecule has 0 aromatic rings. The van der Waals surface area contributed by atoms with Gasteiger partial charge >= 0.3 is 0 Å². The van der Waals surface area contributed by atoms with E-state index in [1.807, 2.05) is 13.8 Å². The zero-order valence-corrected chi connectivity index (χ0v) is 12.8. The Labute approximate surface area is 107 Å². The minimum absolute atomic E-state index is 0.134. The number of hydrogen-bond acceptors (Lipinski definition) is 2. The van der Waals surface area contributed by atoms with Gasteiger partial charge < -0.3 is 5.32 Å². The van der Waals surface area contributed by atoms with E-state index in [-0.39, 0.29) is 11.1 Å². The van der Waals surface area contributed by atoms with Crippen LogP contribution in [-0.4, -0.2) is 16.9 Å². The van der Waals surface area contributed by atoms with E-state index in [1.165, 1.54) is 31.5 Å². The molecule has 0 aliphatic carbocycles. The summed E-state index contributed by atoms with van der Waals surface area (Å²) in [6.07, 6.45) is 5.03. The first-order valence-corrected chi connectivity index (χ1v) is 7.11. The summed E-state index contributed by atoms with van der Waals surface area (Å²) >= 11 is 0. The summed E-state index contributed by atoms with van der Waals surface area (Å²) in [7, 11) is 0. The molecule has 0 aromatic carbocycles. The van der Waals surface area contributed by atoms with Crippen LogP contribution in [0.3, 0.4) is 0 Å². The van der Waals surface area contributed by atoms with Gasteiger partial charge in [-0.15, -0.1) is 0 Å². The standard InChI is InChI=1S/C13H24N2.C2H6/c1-11(2)6-8-13(5)9-7-12(3,4)15-10(13)14-11;1-2/h6-9H2,1-5H3,(H,14,15);1-2H3. The van der Waals surface area contributed by atoms with Crippen molar-refractivity contribution >= 4 is 5.84 Å². The number of nitrogens with zero attached hydrogens (tertiary/aromatic N) is 1. The number of piperidine rings is 1. The molecule has 2 heterocycles. The minimum atomic E-state index is 0.134. The van der Waals surface area contributed by atoms with Crippen LogP contribution in [0.5, 0.6) is 0 Å². The second-order valence-electron chi connectivity index (χ2n) is 6.84. The van der Waals surface area contributed by atoms with Crippen molar-refractivity contribution in [2.75, 3.05) is 0 Å². The van der Waals surface area contributed by atoms with Crippen LogP contribution in [0.15, 0.2) is 4.99 Å². The molecule has 0 radical (unpaired) electrons. The maximum absolute atomic E-state index is 4.91. The highest BCUT2D eigenvalue weighted by molar-refractivity contribution is 5.90. The van der Waals surface area contributed by atoms with Crippen molar-refractivity contribution in [1.29, 1.82) is 0 Å². The van der Waals surface area contributed by atoms with Gasteiger partial charge in [0.1, 0.15) is 5.84 Å². The predicted octanol–water partition coefficient (Wildman–Crippen LogP) is 4.15. The normalized spacial score (nSPS) is 33.5. The Morgan fingerprint density at radius 2 is 1.41 bits per heavy atom. The van der Waals surface area contributed by atoms with Gasteiger partial charge in [0, 0.05) is 11.0 Å². The first kappa shape index (κ1) is 14.5. The zero-order valence-electron chi connectivity index (χ0n) is 12.8. The lowest BCUT2D eigenvalue weighted by Crippen LogP contribution is -2.57. The molecule has 0 aromatic heterocycles. The third-order valence-corrected chi connectivity index (χ3v) is 4.03. The smallest absolute Gasteiger partial charge is 0.103 e. The Kier molecular flexibility index (Phi) is 3.95. The molecule has 2 aliphatic rings. The van der Waals surface area contributed by atoms with Crippen LogP contribution in [0.4, 0.5) is 0 Å². The van der Waals surface area contributed by atoms with Crippen molar-refractivity contribution in [3.05, 3.63) is 0 Å². The van der Waals surface area contributed by atoms with Crippen molar-refractivity contribution in [2.45, 2.75) is 85.2 Å². The Morgan fingerprint density at radius 1 is 0.882 bits per heavy atom. The highest BCUT2D eigenvalue weighted by Crippen LogP contribution is 2.43. The van der Waals surface area contributed by atoms with E-state index in [0.717, 1.165) is 0 Å². The van der Waals surface area contributed by atoms with Crippen LogP contribution in [0.1, 0.15) is 74.1 Å². The summed E-state index contributed by atoms with van der Waals surface area (Å²) in [5.74, 6) is 1.26. The maximum Gasteiger partial charge on any atom is 0.103 e. The third-order valence-electron chi connectivity index (χ3n) is 4.03. The van der Waals surface area contributed by atoms with Gasteiger partial charge in [-0.2, -0.15) is 0 Å². The fraction of sp³-hybridized carbons (Fsp3) is 0.933. The lowest BCUT2D eigenvalue weighted by atomic mass is 9.69. The van der Waals surface area contributed by atoms with Crippen LogP contribution in [0, 0.1) is 5.41 Å². The molecule has 1 fully saturated rings. The first-order chi connectivity index (χ1) is 7.73. The van der Waals surface area contributed by atoms with E-state index in [9.17, 15) is 0 Å². The fourth-order valence-corrected chi connectivity index (χ4v) is 2.59. The molecule has 1 atom stereocenters. The topological polar surface area (TPSA) is 24.4 Å². The van der Waals surface area contributed by atoms with Crippen LogP contribution in [0.2, 0.25) is 0 Å². The Morgan fingerprint density at radius 3 is 2.00 bits per heavy atom. The average molecular weight is 238 g/mol. The summed E-state index contributed by atoms with van der Waals surface area (Å²) in [6, 6.07) is 0. The molecule has 17 heavy (non-hydrogen) atoms. The summed E-state index contributed by atoms with van der Waals surface area (Å²) in [4.78, 5) is 4.91. The molecule has 2 heteroatoms. The molecule has 0 amide bonds. The van der Waals surface area contributed by atoms with E-state index in [2.05, 4.69) is 39.9 Å². The highest BCUT2D eigenvalue weighted by Gasteiger charge is 2.43. The predicted molar refractivity (Wildman–Crippen MR) is 76.7 cm³/mol. The third kappa shape index (κ3) is 3.23. The molecule has 2 aliphatic heterocycles. The molecule has 2 nitrogen and oxygen atoms in total. The monoisotopic (exact) mass is 238 g/mol. The molecule has 1 N–H and O–H groups in total. The molecule has 2 rings (SSSR count). The van der Waals surface area contributed by atoms with Gasteiger partial charge in [-0.25, -0.2) is 0 Å². The number of fused-ring (bicyclic) bond motifs is 1. The van der Waals surface area contributed by atoms with Gasteiger partial charge in [0.05, 0.1) is 5.54 Å². The maximum atomic E-state index is 4.91. The summed E-state index contributed by atoms with van der Waals surface area (Å²) in [5.41, 5.74) is 0.687. The summed E-state index contributed by atoms with van der Waals surface area (Å²) in [6.45, 7) is 15.4. The van der Waals surface area contributed by atoms with Crippen LogP contribution < -0.4 is 5.32 Å². The van der Waals surface area contributed by atoms with Gasteiger partial charge in [-0.3, -0.25) is 4.99 Å². The summed E-state index contributed by atoms with van der Waals surface area (Å²) < 4.78 is 0. The second kappa shape index (κ2) is 4.62. The minimum Gasteiger partial charge on any atom is -0.368 e. The quantitative estimate of drug-likeness (QED) is 0.673. The number of nitrogens with one attached hydrogen (secondary N) is 1. The molecule has 0 saturated carbocycles. The van der Waals surface area contributed by atoms with E-state index in [4.69, 9.17) is 4.99 Å². The van der Waals surface area contributed by atoms with E-state index < -0.39 is 0 Å². The van der Waals surface area contributed by atoms with Gasteiger partial charge in [0.25, 0.3) is 0 Å². The number of aliphatic imine (C=N–C) groups is 1. The zero-order chi connectivity index (χ0) is 13.3. The lowest BCUT2D eigenvalue weighted by molar-refractivity contribution is 0.220. The molecule has 0 bridgehead atoms. The van der Waals surface area contributed by atoms with Crippen molar-refractivity contribution in [3.8, 4) is 0 Å². The lowest BCUT2D eigenvalue weighted by Gasteiger charge is -2.48. The van der Waals surface area contributed by atoms with E-state index in [1.54, 1.807) is 0 Å². The van der Waals surface area contributed by atoms with Crippen molar-refractivity contribution in [2.24, 2.45) is 10.4 Å². The van der Waals surface area contributed by atoms with Crippen molar-refractivity contribution in [1.82, 2.24) is 5.32 Å². The van der Waals surface area contributed by atoms with Gasteiger partial charge in [0.15, 0.2) is 0 Å². The van der Waals surface area contributed by atoms with E-state index >= 15 is 0 Å². The average Bonchev–Trinajstić information content (AvgIpc) is 2.23. The number of hydrogen-bond donors (Lipinski definition) is 1. The van der Waals surface area contributed by atoms with Crippen LogP contribution in [-0.2, 0) is 0 Å². The fourth-order valence-electron chi connectivity index (χ4n) is 2.59. The largest absolute Gasteiger partial charge is 0.368 e. The van der Waals surface area contributed by atoms with Crippen molar-refractivity contribution < 1.29 is 0 Å². The highest BCUT2D eigenvalue weighted by atomic mass is 15.1. The second-order valence-corrected chi connectivity index (χ2v) is 6.84. The SMILES string of the molecule is CC.CC1(C)CCC2(C)CCC(C)(C)NC2=N1. The van der Waals surface area contributed by atoms with E-state index in [0.29, 0.717) is 5.41 Å². The Balaban J connectivity index is 0.000000686.